The molecule has 7 nitrogen and oxygen atoms in total. The zero-order valence-electron chi connectivity index (χ0n) is 15.9. The molecule has 10 heteroatoms. The normalized spacial score (nSPS) is 11.2. The number of rotatable bonds is 4. The molecule has 2 aromatic carbocycles. The molecule has 0 unspecified atom stereocenters. The molecule has 0 atom stereocenters. The van der Waals surface area contributed by atoms with Crippen LogP contribution in [0, 0.1) is 0 Å². The van der Waals surface area contributed by atoms with Gasteiger partial charge in [0.15, 0.2) is 11.2 Å². The van der Waals surface area contributed by atoms with Gasteiger partial charge in [-0.25, -0.2) is 4.79 Å². The number of aryl methyl sites for hydroxylation is 1. The Morgan fingerprint density at radius 1 is 1.00 bits per heavy atom. The van der Waals surface area contributed by atoms with Crippen LogP contribution in [0.1, 0.15) is 5.56 Å². The first-order valence-electron chi connectivity index (χ1n) is 8.80. The standard InChI is InChI=1S/C20H15BrCl2N4O3/c1-25-17-16(18(28)26(2)20(25)29)27(10-11-3-8-14(22)15(23)9-11)19(24-17)30-13-6-4-12(21)5-7-13/h3-9H,10H2,1-2H3. The van der Waals surface area contributed by atoms with Crippen LogP contribution in [0.2, 0.25) is 10.0 Å². The average molecular weight is 510 g/mol. The minimum absolute atomic E-state index is 0.177. The van der Waals surface area contributed by atoms with Crippen LogP contribution in [0.4, 0.5) is 0 Å². The summed E-state index contributed by atoms with van der Waals surface area (Å²) < 4.78 is 10.9. The van der Waals surface area contributed by atoms with E-state index in [0.29, 0.717) is 15.8 Å². The Kier molecular flexibility index (Phi) is 5.48. The second-order valence-corrected chi connectivity index (χ2v) is 8.39. The summed E-state index contributed by atoms with van der Waals surface area (Å²) in [4.78, 5) is 29.7. The van der Waals surface area contributed by atoms with Crippen molar-refractivity contribution in [1.82, 2.24) is 18.7 Å². The number of halogens is 3. The Morgan fingerprint density at radius 2 is 1.70 bits per heavy atom. The summed E-state index contributed by atoms with van der Waals surface area (Å²) >= 11 is 15.6. The molecule has 154 valence electrons. The van der Waals surface area contributed by atoms with Crippen molar-refractivity contribution in [2.45, 2.75) is 6.54 Å². The number of hydrogen-bond acceptors (Lipinski definition) is 4. The monoisotopic (exact) mass is 508 g/mol. The van der Waals surface area contributed by atoms with Gasteiger partial charge in [-0.2, -0.15) is 4.98 Å². The maximum Gasteiger partial charge on any atom is 0.332 e. The van der Waals surface area contributed by atoms with Crippen molar-refractivity contribution in [1.29, 1.82) is 0 Å². The van der Waals surface area contributed by atoms with Crippen molar-refractivity contribution in [3.63, 3.8) is 0 Å². The van der Waals surface area contributed by atoms with Gasteiger partial charge >= 0.3 is 11.7 Å². The Balaban J connectivity index is 1.93. The third kappa shape index (κ3) is 3.66. The third-order valence-electron chi connectivity index (χ3n) is 4.66. The van der Waals surface area contributed by atoms with Crippen molar-refractivity contribution in [2.24, 2.45) is 14.1 Å². The van der Waals surface area contributed by atoms with Gasteiger partial charge in [-0.05, 0) is 42.0 Å². The lowest BCUT2D eigenvalue weighted by Gasteiger charge is -2.11. The van der Waals surface area contributed by atoms with Crippen LogP contribution in [0.3, 0.4) is 0 Å². The molecule has 2 aromatic heterocycles. The molecule has 0 aliphatic rings. The molecule has 0 fully saturated rings. The zero-order chi connectivity index (χ0) is 21.6. The predicted molar refractivity (Wildman–Crippen MR) is 120 cm³/mol. The van der Waals surface area contributed by atoms with Crippen LogP contribution in [0.25, 0.3) is 11.2 Å². The van der Waals surface area contributed by atoms with Gasteiger partial charge in [0, 0.05) is 18.6 Å². The van der Waals surface area contributed by atoms with Crippen molar-refractivity contribution in [3.8, 4) is 11.8 Å². The topological polar surface area (TPSA) is 71.1 Å². The Labute approximate surface area is 189 Å². The highest BCUT2D eigenvalue weighted by atomic mass is 79.9. The molecule has 0 amide bonds. The molecule has 30 heavy (non-hydrogen) atoms. The minimum atomic E-state index is -0.470. The second-order valence-electron chi connectivity index (χ2n) is 6.66. The van der Waals surface area contributed by atoms with E-state index in [-0.39, 0.29) is 23.7 Å². The molecule has 0 radical (unpaired) electrons. The zero-order valence-corrected chi connectivity index (χ0v) is 19.0. The lowest BCUT2D eigenvalue weighted by atomic mass is 10.2. The van der Waals surface area contributed by atoms with E-state index in [1.54, 1.807) is 41.9 Å². The largest absolute Gasteiger partial charge is 0.425 e. The Morgan fingerprint density at radius 3 is 2.37 bits per heavy atom. The minimum Gasteiger partial charge on any atom is -0.425 e. The quantitative estimate of drug-likeness (QED) is 0.410. The summed E-state index contributed by atoms with van der Waals surface area (Å²) in [6, 6.07) is 12.6. The Hall–Kier alpha value is -2.55. The smallest absolute Gasteiger partial charge is 0.332 e. The predicted octanol–water partition coefficient (Wildman–Crippen LogP) is 4.34. The number of benzene rings is 2. The maximum atomic E-state index is 12.9. The lowest BCUT2D eigenvalue weighted by Crippen LogP contribution is -2.37. The molecule has 0 saturated heterocycles. The van der Waals surface area contributed by atoms with E-state index in [1.165, 1.54) is 11.6 Å². The number of fused-ring (bicyclic) bond motifs is 1. The molecule has 4 rings (SSSR count). The highest BCUT2D eigenvalue weighted by Crippen LogP contribution is 2.28. The van der Waals surface area contributed by atoms with Crippen LogP contribution < -0.4 is 16.0 Å². The van der Waals surface area contributed by atoms with E-state index in [2.05, 4.69) is 20.9 Å². The van der Waals surface area contributed by atoms with E-state index in [1.807, 2.05) is 12.1 Å². The number of ether oxygens (including phenoxy) is 1. The molecular formula is C20H15BrCl2N4O3. The molecule has 0 aliphatic carbocycles. The maximum absolute atomic E-state index is 12.9. The van der Waals surface area contributed by atoms with Gasteiger partial charge in [0.2, 0.25) is 0 Å². The molecule has 4 aromatic rings. The molecule has 0 spiro atoms. The fraction of sp³-hybridized carbons (Fsp3) is 0.150. The molecular weight excluding hydrogens is 495 g/mol. The van der Waals surface area contributed by atoms with Gasteiger partial charge < -0.3 is 4.74 Å². The average Bonchev–Trinajstić information content (AvgIpc) is 3.07. The lowest BCUT2D eigenvalue weighted by molar-refractivity contribution is 0.421. The fourth-order valence-corrected chi connectivity index (χ4v) is 3.66. The van der Waals surface area contributed by atoms with Crippen LogP contribution in [0.5, 0.6) is 11.8 Å². The van der Waals surface area contributed by atoms with Gasteiger partial charge in [0.05, 0.1) is 16.6 Å². The van der Waals surface area contributed by atoms with Crippen molar-refractivity contribution < 1.29 is 4.74 Å². The first-order valence-corrected chi connectivity index (χ1v) is 10.3. The van der Waals surface area contributed by atoms with Gasteiger partial charge in [0.25, 0.3) is 5.56 Å². The number of imidazole rings is 1. The third-order valence-corrected chi connectivity index (χ3v) is 5.93. The first-order chi connectivity index (χ1) is 14.3. The van der Waals surface area contributed by atoms with E-state index in [4.69, 9.17) is 27.9 Å². The van der Waals surface area contributed by atoms with Crippen molar-refractivity contribution in [3.05, 3.63) is 83.4 Å². The highest BCUT2D eigenvalue weighted by Gasteiger charge is 2.21. The molecule has 2 heterocycles. The number of hydrogen-bond donors (Lipinski definition) is 0. The van der Waals surface area contributed by atoms with E-state index in [0.717, 1.165) is 14.6 Å². The molecule has 0 bridgehead atoms. The summed E-state index contributed by atoms with van der Waals surface area (Å²) in [6.45, 7) is 0.243. The summed E-state index contributed by atoms with van der Waals surface area (Å²) in [7, 11) is 2.99. The van der Waals surface area contributed by atoms with Crippen molar-refractivity contribution in [2.75, 3.05) is 0 Å². The fourth-order valence-electron chi connectivity index (χ4n) is 3.08. The van der Waals surface area contributed by atoms with Gasteiger partial charge in [-0.3, -0.25) is 18.5 Å². The van der Waals surface area contributed by atoms with Crippen LogP contribution in [0.15, 0.2) is 56.5 Å². The van der Waals surface area contributed by atoms with E-state index in [9.17, 15) is 9.59 Å². The van der Waals surface area contributed by atoms with Crippen LogP contribution >= 0.6 is 39.1 Å². The number of nitrogens with zero attached hydrogens (tertiary/aromatic N) is 4. The highest BCUT2D eigenvalue weighted by molar-refractivity contribution is 9.10. The van der Waals surface area contributed by atoms with Gasteiger partial charge in [-0.15, -0.1) is 0 Å². The summed E-state index contributed by atoms with van der Waals surface area (Å²) in [5.41, 5.74) is 0.335. The van der Waals surface area contributed by atoms with E-state index < -0.39 is 11.2 Å². The number of aromatic nitrogens is 4. The summed E-state index contributed by atoms with van der Waals surface area (Å²) in [6.07, 6.45) is 0. The van der Waals surface area contributed by atoms with E-state index >= 15 is 0 Å². The second kappa shape index (κ2) is 7.94. The van der Waals surface area contributed by atoms with Crippen LogP contribution in [-0.2, 0) is 20.6 Å². The van der Waals surface area contributed by atoms with Gasteiger partial charge in [-0.1, -0.05) is 45.2 Å². The summed E-state index contributed by atoms with van der Waals surface area (Å²) in [5, 5.41) is 0.829. The van der Waals surface area contributed by atoms with Crippen molar-refractivity contribution >= 4 is 50.3 Å². The first kappa shape index (κ1) is 20.7. The Bertz CT molecular complexity index is 1390. The summed E-state index contributed by atoms with van der Waals surface area (Å²) in [5.74, 6) is 0.533. The van der Waals surface area contributed by atoms with Crippen LogP contribution in [-0.4, -0.2) is 18.7 Å². The molecule has 0 aliphatic heterocycles. The molecule has 0 saturated carbocycles. The SMILES string of the molecule is Cn1c(=O)c2c(nc(Oc3ccc(Br)cc3)n2Cc2ccc(Cl)c(Cl)c2)n(C)c1=O. The molecule has 0 N–H and O–H groups in total. The van der Waals surface area contributed by atoms with Gasteiger partial charge in [0.1, 0.15) is 5.75 Å².